The Balaban J connectivity index is 1.86. The van der Waals surface area contributed by atoms with Gasteiger partial charge in [0, 0.05) is 25.8 Å². The van der Waals surface area contributed by atoms with Crippen LogP contribution < -0.4 is 5.32 Å². The zero-order valence-corrected chi connectivity index (χ0v) is 9.15. The summed E-state index contributed by atoms with van der Waals surface area (Å²) in [5, 5.41) is 21.9. The molecular weight excluding hydrogens is 206 g/mol. The fraction of sp³-hybridized carbons (Fsp3) is 0.500. The first kappa shape index (κ1) is 11.2. The van der Waals surface area contributed by atoms with Crippen molar-refractivity contribution in [3.05, 3.63) is 23.8 Å². The van der Waals surface area contributed by atoms with Crippen LogP contribution in [-0.4, -0.2) is 29.5 Å². The minimum Gasteiger partial charge on any atom is -0.504 e. The third kappa shape index (κ3) is 2.87. The van der Waals surface area contributed by atoms with E-state index in [-0.39, 0.29) is 11.5 Å². The summed E-state index contributed by atoms with van der Waals surface area (Å²) in [4.78, 5) is 0. The first-order valence-electron chi connectivity index (χ1n) is 5.57. The van der Waals surface area contributed by atoms with Gasteiger partial charge in [-0.15, -0.1) is 0 Å². The molecule has 0 atom stereocenters. The van der Waals surface area contributed by atoms with Crippen LogP contribution in [0, 0.1) is 0 Å². The molecule has 1 aromatic rings. The van der Waals surface area contributed by atoms with Crippen molar-refractivity contribution in [1.82, 2.24) is 5.32 Å². The fourth-order valence-corrected chi connectivity index (χ4v) is 1.84. The zero-order chi connectivity index (χ0) is 11.4. The van der Waals surface area contributed by atoms with Gasteiger partial charge in [0.15, 0.2) is 11.5 Å². The quantitative estimate of drug-likeness (QED) is 0.677. The number of benzene rings is 1. The lowest BCUT2D eigenvalue weighted by Gasteiger charge is -2.23. The smallest absolute Gasteiger partial charge is 0.157 e. The molecule has 0 aromatic heterocycles. The van der Waals surface area contributed by atoms with E-state index in [9.17, 15) is 10.2 Å². The van der Waals surface area contributed by atoms with Crippen LogP contribution >= 0.6 is 0 Å². The van der Waals surface area contributed by atoms with E-state index >= 15 is 0 Å². The first-order valence-corrected chi connectivity index (χ1v) is 5.57. The molecule has 0 unspecified atom stereocenters. The molecule has 1 saturated heterocycles. The van der Waals surface area contributed by atoms with E-state index in [0.29, 0.717) is 12.6 Å². The third-order valence-corrected chi connectivity index (χ3v) is 2.86. The molecule has 1 aromatic carbocycles. The second-order valence-electron chi connectivity index (χ2n) is 4.09. The molecule has 0 radical (unpaired) electrons. The van der Waals surface area contributed by atoms with Crippen LogP contribution in [0.5, 0.6) is 11.5 Å². The van der Waals surface area contributed by atoms with Crippen molar-refractivity contribution in [3.8, 4) is 11.5 Å². The molecule has 88 valence electrons. The van der Waals surface area contributed by atoms with Crippen LogP contribution in [0.15, 0.2) is 18.2 Å². The maximum atomic E-state index is 9.34. The standard InChI is InChI=1S/C12H17NO3/c14-11-2-1-9(7-12(11)15)8-13-10-3-5-16-6-4-10/h1-2,7,10,13-15H,3-6,8H2. The largest absolute Gasteiger partial charge is 0.504 e. The highest BCUT2D eigenvalue weighted by Gasteiger charge is 2.12. The van der Waals surface area contributed by atoms with Gasteiger partial charge in [0.2, 0.25) is 0 Å². The lowest BCUT2D eigenvalue weighted by Crippen LogP contribution is -2.34. The Morgan fingerprint density at radius 3 is 2.62 bits per heavy atom. The molecule has 0 spiro atoms. The number of rotatable bonds is 3. The van der Waals surface area contributed by atoms with Crippen molar-refractivity contribution in [2.75, 3.05) is 13.2 Å². The monoisotopic (exact) mass is 223 g/mol. The number of hydrogen-bond acceptors (Lipinski definition) is 4. The molecule has 1 aliphatic rings. The summed E-state index contributed by atoms with van der Waals surface area (Å²) in [5.41, 5.74) is 0.974. The fourth-order valence-electron chi connectivity index (χ4n) is 1.84. The lowest BCUT2D eigenvalue weighted by atomic mass is 10.1. The van der Waals surface area contributed by atoms with Crippen LogP contribution in [-0.2, 0) is 11.3 Å². The molecule has 0 bridgehead atoms. The number of hydrogen-bond donors (Lipinski definition) is 3. The van der Waals surface area contributed by atoms with Gasteiger partial charge in [0.05, 0.1) is 0 Å². The normalized spacial score (nSPS) is 17.5. The van der Waals surface area contributed by atoms with Crippen molar-refractivity contribution < 1.29 is 14.9 Å². The topological polar surface area (TPSA) is 61.7 Å². The van der Waals surface area contributed by atoms with Crippen LogP contribution in [0.4, 0.5) is 0 Å². The van der Waals surface area contributed by atoms with Crippen LogP contribution in [0.1, 0.15) is 18.4 Å². The van der Waals surface area contributed by atoms with Crippen LogP contribution in [0.2, 0.25) is 0 Å². The van der Waals surface area contributed by atoms with Gasteiger partial charge in [0.25, 0.3) is 0 Å². The van der Waals surface area contributed by atoms with Gasteiger partial charge in [-0.2, -0.15) is 0 Å². The number of nitrogens with one attached hydrogen (secondary N) is 1. The summed E-state index contributed by atoms with van der Waals surface area (Å²) in [6.07, 6.45) is 2.06. The predicted molar refractivity (Wildman–Crippen MR) is 60.5 cm³/mol. The van der Waals surface area contributed by atoms with E-state index in [4.69, 9.17) is 4.74 Å². The number of ether oxygens (including phenoxy) is 1. The maximum absolute atomic E-state index is 9.34. The molecule has 0 aliphatic carbocycles. The zero-order valence-electron chi connectivity index (χ0n) is 9.15. The molecule has 1 aliphatic heterocycles. The summed E-state index contributed by atoms with van der Waals surface area (Å²) in [6, 6.07) is 5.39. The Bertz CT molecular complexity index is 348. The number of phenols is 2. The van der Waals surface area contributed by atoms with Crippen molar-refractivity contribution >= 4 is 0 Å². The third-order valence-electron chi connectivity index (χ3n) is 2.86. The van der Waals surface area contributed by atoms with Crippen LogP contribution in [0.25, 0.3) is 0 Å². The Labute approximate surface area is 94.9 Å². The highest BCUT2D eigenvalue weighted by Crippen LogP contribution is 2.24. The van der Waals surface area contributed by atoms with Crippen molar-refractivity contribution in [2.45, 2.75) is 25.4 Å². The molecule has 0 amide bonds. The SMILES string of the molecule is Oc1ccc(CNC2CCOCC2)cc1O. The predicted octanol–water partition coefficient (Wildman–Crippen LogP) is 1.37. The van der Waals surface area contributed by atoms with E-state index in [1.165, 1.54) is 6.07 Å². The first-order chi connectivity index (χ1) is 7.75. The summed E-state index contributed by atoms with van der Waals surface area (Å²) < 4.78 is 5.27. The van der Waals surface area contributed by atoms with Crippen molar-refractivity contribution in [2.24, 2.45) is 0 Å². The van der Waals surface area contributed by atoms with Gasteiger partial charge in [-0.25, -0.2) is 0 Å². The van der Waals surface area contributed by atoms with Gasteiger partial charge < -0.3 is 20.3 Å². The van der Waals surface area contributed by atoms with E-state index < -0.39 is 0 Å². The van der Waals surface area contributed by atoms with Gasteiger partial charge >= 0.3 is 0 Å². The Morgan fingerprint density at radius 2 is 1.94 bits per heavy atom. The average molecular weight is 223 g/mol. The Kier molecular flexibility index (Phi) is 3.64. The van der Waals surface area contributed by atoms with Gasteiger partial charge in [0.1, 0.15) is 0 Å². The second kappa shape index (κ2) is 5.18. The molecule has 4 heteroatoms. The van der Waals surface area contributed by atoms with E-state index in [1.807, 2.05) is 0 Å². The highest BCUT2D eigenvalue weighted by atomic mass is 16.5. The van der Waals surface area contributed by atoms with Crippen LogP contribution in [0.3, 0.4) is 0 Å². The molecule has 2 rings (SSSR count). The van der Waals surface area contributed by atoms with Gasteiger partial charge in [-0.3, -0.25) is 0 Å². The summed E-state index contributed by atoms with van der Waals surface area (Å²) in [5.74, 6) is -0.138. The number of phenolic OH excluding ortho intramolecular Hbond substituents is 2. The van der Waals surface area contributed by atoms with Crippen molar-refractivity contribution in [1.29, 1.82) is 0 Å². The van der Waals surface area contributed by atoms with Crippen molar-refractivity contribution in [3.63, 3.8) is 0 Å². The Morgan fingerprint density at radius 1 is 1.19 bits per heavy atom. The lowest BCUT2D eigenvalue weighted by molar-refractivity contribution is 0.0776. The second-order valence-corrected chi connectivity index (χ2v) is 4.09. The molecule has 0 saturated carbocycles. The summed E-state index contributed by atoms with van der Waals surface area (Å²) in [6.45, 7) is 2.34. The molecule has 1 heterocycles. The average Bonchev–Trinajstić information content (AvgIpc) is 2.32. The highest BCUT2D eigenvalue weighted by molar-refractivity contribution is 5.40. The molecule has 3 N–H and O–H groups in total. The molecule has 1 fully saturated rings. The molecular formula is C12H17NO3. The van der Waals surface area contributed by atoms with E-state index in [0.717, 1.165) is 31.6 Å². The van der Waals surface area contributed by atoms with Gasteiger partial charge in [-0.1, -0.05) is 6.07 Å². The minimum atomic E-state index is -0.0742. The molecule has 16 heavy (non-hydrogen) atoms. The summed E-state index contributed by atoms with van der Waals surface area (Å²) >= 11 is 0. The van der Waals surface area contributed by atoms with Gasteiger partial charge in [-0.05, 0) is 30.5 Å². The van der Waals surface area contributed by atoms with E-state index in [2.05, 4.69) is 5.32 Å². The maximum Gasteiger partial charge on any atom is 0.157 e. The Hall–Kier alpha value is -1.26. The number of aromatic hydroxyl groups is 2. The summed E-state index contributed by atoms with van der Waals surface area (Å²) in [7, 11) is 0. The van der Waals surface area contributed by atoms with E-state index in [1.54, 1.807) is 12.1 Å². The molecule has 4 nitrogen and oxygen atoms in total. The minimum absolute atomic E-state index is 0.0636.